The summed E-state index contributed by atoms with van der Waals surface area (Å²) >= 11 is 0. The van der Waals surface area contributed by atoms with E-state index < -0.39 is 7.26 Å². The third kappa shape index (κ3) is 7.13. The summed E-state index contributed by atoms with van der Waals surface area (Å²) in [6, 6.07) is 75.4. The second-order valence-electron chi connectivity index (χ2n) is 11.0. The minimum absolute atomic E-state index is 1.06. The average Bonchev–Trinajstić information content (AvgIpc) is 3.14. The normalized spacial score (nSPS) is 11.1. The van der Waals surface area contributed by atoms with Gasteiger partial charge < -0.3 is 4.90 Å². The van der Waals surface area contributed by atoms with Crippen LogP contribution in [0.25, 0.3) is 0 Å². The van der Waals surface area contributed by atoms with Crippen molar-refractivity contribution in [3.63, 3.8) is 0 Å². The number of hydrogen-bond acceptors (Lipinski definition) is 1. The number of benzene rings is 7. The van der Waals surface area contributed by atoms with E-state index in [2.05, 4.69) is 199 Å². The molecule has 0 aliphatic heterocycles. The van der Waals surface area contributed by atoms with Gasteiger partial charge in [0.25, 0.3) is 0 Å². The topological polar surface area (TPSA) is 3.24 Å². The molecular formula is C43H38NP. The SMILES string of the molecule is c1ccc(C[PH](c2ccccc2)(c2ccccc2)c2ccccc2)cc1.c1ccc(N(c2ccccc2)c2ccccc2)cc1. The summed E-state index contributed by atoms with van der Waals surface area (Å²) in [4.78, 5) is 2.25. The molecule has 220 valence electrons. The summed E-state index contributed by atoms with van der Waals surface area (Å²) in [5, 5.41) is 4.38. The molecule has 0 aliphatic rings. The van der Waals surface area contributed by atoms with Gasteiger partial charge in [-0.2, -0.15) is 0 Å². The molecule has 0 saturated carbocycles. The van der Waals surface area contributed by atoms with Crippen molar-refractivity contribution < 1.29 is 0 Å². The van der Waals surface area contributed by atoms with Gasteiger partial charge >= 0.3 is 156 Å². The molecule has 0 amide bonds. The Bertz CT molecular complexity index is 1640. The van der Waals surface area contributed by atoms with E-state index in [1.807, 2.05) is 18.2 Å². The maximum atomic E-state index is 2.31. The van der Waals surface area contributed by atoms with Crippen LogP contribution in [0, 0.1) is 0 Å². The van der Waals surface area contributed by atoms with E-state index in [4.69, 9.17) is 0 Å². The predicted octanol–water partition coefficient (Wildman–Crippen LogP) is 10.1. The molecule has 0 radical (unpaired) electrons. The van der Waals surface area contributed by atoms with Crippen molar-refractivity contribution in [2.75, 3.05) is 4.90 Å². The van der Waals surface area contributed by atoms with Crippen LogP contribution in [0.4, 0.5) is 17.1 Å². The molecule has 0 atom stereocenters. The molecule has 0 saturated heterocycles. The first-order valence-corrected chi connectivity index (χ1v) is 17.7. The van der Waals surface area contributed by atoms with E-state index in [0.717, 1.165) is 6.16 Å². The number of rotatable bonds is 8. The number of nitrogens with zero attached hydrogens (tertiary/aromatic N) is 1. The number of anilines is 3. The largest absolute Gasteiger partial charge is 0.311 e. The van der Waals surface area contributed by atoms with Crippen LogP contribution in [0.1, 0.15) is 5.56 Å². The van der Waals surface area contributed by atoms with Gasteiger partial charge in [0.1, 0.15) is 0 Å². The quantitative estimate of drug-likeness (QED) is 0.157. The zero-order valence-corrected chi connectivity index (χ0v) is 26.4. The van der Waals surface area contributed by atoms with E-state index in [1.54, 1.807) is 0 Å². The zero-order valence-electron chi connectivity index (χ0n) is 25.4. The molecule has 1 nitrogen and oxygen atoms in total. The molecule has 0 N–H and O–H groups in total. The van der Waals surface area contributed by atoms with Crippen LogP contribution in [0.15, 0.2) is 212 Å². The van der Waals surface area contributed by atoms with Crippen LogP contribution in [-0.4, -0.2) is 0 Å². The third-order valence-electron chi connectivity index (χ3n) is 8.16. The average molecular weight is 600 g/mol. The van der Waals surface area contributed by atoms with Crippen molar-refractivity contribution in [1.29, 1.82) is 0 Å². The summed E-state index contributed by atoms with van der Waals surface area (Å²) < 4.78 is 0. The van der Waals surface area contributed by atoms with E-state index in [0.29, 0.717) is 0 Å². The van der Waals surface area contributed by atoms with Crippen LogP contribution in [0.5, 0.6) is 0 Å². The van der Waals surface area contributed by atoms with Crippen molar-refractivity contribution in [3.05, 3.63) is 218 Å². The van der Waals surface area contributed by atoms with Crippen LogP contribution in [0.2, 0.25) is 0 Å². The van der Waals surface area contributed by atoms with Crippen LogP contribution >= 0.6 is 7.26 Å². The van der Waals surface area contributed by atoms with Gasteiger partial charge in [-0.3, -0.25) is 0 Å². The standard InChI is InChI=1S/C25H23P.C18H15N/c1-5-13-22(14-6-1)21-26(23-15-7-2-8-16-23,24-17-9-3-10-18-24)25-19-11-4-12-20-25;1-4-10-16(11-5-1)19(17-12-6-2-7-13-17)18-14-8-3-9-15-18/h1-20,26H,21H2;1-15H. The predicted molar refractivity (Wildman–Crippen MR) is 198 cm³/mol. The molecule has 7 rings (SSSR count). The van der Waals surface area contributed by atoms with E-state index in [1.165, 1.54) is 38.5 Å². The second-order valence-corrected chi connectivity index (χ2v) is 14.9. The summed E-state index contributed by atoms with van der Waals surface area (Å²) in [5.41, 5.74) is 4.90. The van der Waals surface area contributed by atoms with Crippen molar-refractivity contribution >= 4 is 40.2 Å². The van der Waals surface area contributed by atoms with E-state index in [-0.39, 0.29) is 0 Å². The van der Waals surface area contributed by atoms with Crippen molar-refractivity contribution in [2.45, 2.75) is 6.16 Å². The Morgan fingerprint density at radius 2 is 0.533 bits per heavy atom. The summed E-state index contributed by atoms with van der Waals surface area (Å²) in [7, 11) is -2.16. The van der Waals surface area contributed by atoms with Crippen molar-refractivity contribution in [2.24, 2.45) is 0 Å². The minimum atomic E-state index is -2.16. The van der Waals surface area contributed by atoms with Crippen LogP contribution < -0.4 is 20.8 Å². The van der Waals surface area contributed by atoms with Gasteiger partial charge in [0.15, 0.2) is 0 Å². The molecule has 2 heteroatoms. The molecule has 0 bridgehead atoms. The molecule has 0 aliphatic carbocycles. The van der Waals surface area contributed by atoms with Gasteiger partial charge in [0.05, 0.1) is 0 Å². The second kappa shape index (κ2) is 15.0. The Labute approximate surface area is 268 Å². The van der Waals surface area contributed by atoms with Crippen molar-refractivity contribution in [1.82, 2.24) is 0 Å². The summed E-state index contributed by atoms with van der Waals surface area (Å²) in [6.45, 7) is 0. The molecule has 7 aromatic rings. The first kappa shape index (κ1) is 29.8. The molecule has 7 aromatic carbocycles. The summed E-state index contributed by atoms with van der Waals surface area (Å²) in [5.74, 6) is 0. The fourth-order valence-electron chi connectivity index (χ4n) is 6.05. The first-order chi connectivity index (χ1) is 22.3. The van der Waals surface area contributed by atoms with Gasteiger partial charge in [-0.15, -0.1) is 0 Å². The van der Waals surface area contributed by atoms with E-state index in [9.17, 15) is 0 Å². The fourth-order valence-corrected chi connectivity index (χ4v) is 10.8. The Morgan fingerprint density at radius 3 is 0.822 bits per heavy atom. The zero-order chi connectivity index (χ0) is 30.6. The van der Waals surface area contributed by atoms with Crippen LogP contribution in [-0.2, 0) is 6.16 Å². The Balaban J connectivity index is 0.000000167. The number of para-hydroxylation sites is 3. The molecule has 45 heavy (non-hydrogen) atoms. The maximum absolute atomic E-state index is 2.31. The Hall–Kier alpha value is -5.23. The minimum Gasteiger partial charge on any atom is -0.311 e. The molecule has 0 fully saturated rings. The third-order valence-corrected chi connectivity index (χ3v) is 13.1. The van der Waals surface area contributed by atoms with Crippen molar-refractivity contribution in [3.8, 4) is 0 Å². The molecule has 0 heterocycles. The monoisotopic (exact) mass is 599 g/mol. The van der Waals surface area contributed by atoms with Gasteiger partial charge in [-0.25, -0.2) is 0 Å². The summed E-state index contributed by atoms with van der Waals surface area (Å²) in [6.07, 6.45) is 1.06. The van der Waals surface area contributed by atoms with Crippen LogP contribution in [0.3, 0.4) is 0 Å². The van der Waals surface area contributed by atoms with Gasteiger partial charge in [-0.1, -0.05) is 54.6 Å². The Kier molecular flexibility index (Phi) is 9.93. The van der Waals surface area contributed by atoms with Gasteiger partial charge in [-0.05, 0) is 36.4 Å². The maximum Gasteiger partial charge on any atom is 0.0461 e. The molecule has 0 spiro atoms. The Morgan fingerprint density at radius 1 is 0.289 bits per heavy atom. The van der Waals surface area contributed by atoms with Gasteiger partial charge in [0, 0.05) is 17.1 Å². The fraction of sp³-hybridized carbons (Fsp3) is 0.0233. The molecule has 0 unspecified atom stereocenters. The van der Waals surface area contributed by atoms with E-state index >= 15 is 0 Å². The first-order valence-electron chi connectivity index (χ1n) is 15.5. The molecule has 0 aromatic heterocycles. The van der Waals surface area contributed by atoms with Gasteiger partial charge in [0.2, 0.25) is 0 Å². The molecular weight excluding hydrogens is 561 g/mol. The number of hydrogen-bond donors (Lipinski definition) is 0. The smallest absolute Gasteiger partial charge is 0.0461 e.